The number of rotatable bonds is 4. The molecule has 0 aromatic heterocycles. The Hall–Kier alpha value is -2.33. The highest BCUT2D eigenvalue weighted by atomic mass is 35.5. The Morgan fingerprint density at radius 1 is 1.15 bits per heavy atom. The van der Waals surface area contributed by atoms with E-state index in [0.717, 1.165) is 18.5 Å². The Morgan fingerprint density at radius 2 is 1.89 bits per heavy atom. The van der Waals surface area contributed by atoms with Crippen LogP contribution in [0, 0.1) is 5.92 Å². The van der Waals surface area contributed by atoms with Gasteiger partial charge in [-0.3, -0.25) is 9.59 Å². The summed E-state index contributed by atoms with van der Waals surface area (Å²) in [6.45, 7) is 5.37. The van der Waals surface area contributed by atoms with Gasteiger partial charge in [-0.05, 0) is 60.7 Å². The molecule has 0 radical (unpaired) electrons. The van der Waals surface area contributed by atoms with Crippen LogP contribution in [0.3, 0.4) is 0 Å². The Morgan fingerprint density at radius 3 is 2.59 bits per heavy atom. The van der Waals surface area contributed by atoms with Crippen LogP contribution in [0.5, 0.6) is 0 Å². The molecule has 142 valence electrons. The van der Waals surface area contributed by atoms with E-state index < -0.39 is 0 Å². The average Bonchev–Trinajstić information content (AvgIpc) is 2.68. The first-order chi connectivity index (χ1) is 12.9. The summed E-state index contributed by atoms with van der Waals surface area (Å²) in [6.07, 6.45) is 1.61. The van der Waals surface area contributed by atoms with Crippen LogP contribution < -0.4 is 5.32 Å². The first-order valence-corrected chi connectivity index (χ1v) is 9.77. The van der Waals surface area contributed by atoms with Crippen molar-refractivity contribution in [1.82, 2.24) is 4.90 Å². The Bertz CT molecular complexity index is 817. The number of amides is 2. The molecule has 2 aromatic carbocycles. The Labute approximate surface area is 165 Å². The van der Waals surface area contributed by atoms with Crippen LogP contribution in [0.2, 0.25) is 5.02 Å². The van der Waals surface area contributed by atoms with E-state index >= 15 is 0 Å². The van der Waals surface area contributed by atoms with Gasteiger partial charge in [-0.15, -0.1) is 0 Å². The second-order valence-electron chi connectivity index (χ2n) is 7.37. The van der Waals surface area contributed by atoms with Gasteiger partial charge in [0.2, 0.25) is 5.91 Å². The van der Waals surface area contributed by atoms with Crippen molar-refractivity contribution in [2.75, 3.05) is 18.4 Å². The summed E-state index contributed by atoms with van der Waals surface area (Å²) < 4.78 is 0. The molecule has 1 N–H and O–H groups in total. The summed E-state index contributed by atoms with van der Waals surface area (Å²) >= 11 is 5.90. The minimum absolute atomic E-state index is 0.0236. The van der Waals surface area contributed by atoms with Crippen LogP contribution in [-0.2, 0) is 4.79 Å². The molecular formula is C22H25ClN2O2. The van der Waals surface area contributed by atoms with Crippen molar-refractivity contribution < 1.29 is 9.59 Å². The van der Waals surface area contributed by atoms with E-state index in [4.69, 9.17) is 11.6 Å². The van der Waals surface area contributed by atoms with Crippen LogP contribution in [0.25, 0.3) is 0 Å². The minimum atomic E-state index is -0.197. The van der Waals surface area contributed by atoms with Gasteiger partial charge in [0.15, 0.2) is 0 Å². The lowest BCUT2D eigenvalue weighted by Gasteiger charge is -2.32. The van der Waals surface area contributed by atoms with Gasteiger partial charge in [-0.1, -0.05) is 37.6 Å². The monoisotopic (exact) mass is 384 g/mol. The molecule has 1 fully saturated rings. The molecule has 0 bridgehead atoms. The average molecular weight is 385 g/mol. The van der Waals surface area contributed by atoms with Gasteiger partial charge in [-0.2, -0.15) is 0 Å². The van der Waals surface area contributed by atoms with Crippen LogP contribution in [-0.4, -0.2) is 29.8 Å². The van der Waals surface area contributed by atoms with E-state index in [0.29, 0.717) is 29.6 Å². The number of carbonyl (C=O) groups is 2. The highest BCUT2D eigenvalue weighted by molar-refractivity contribution is 6.30. The van der Waals surface area contributed by atoms with Crippen LogP contribution >= 0.6 is 11.6 Å². The number of benzene rings is 2. The van der Waals surface area contributed by atoms with Crippen molar-refractivity contribution in [3.8, 4) is 0 Å². The van der Waals surface area contributed by atoms with Gasteiger partial charge in [0, 0.05) is 29.4 Å². The molecule has 4 nitrogen and oxygen atoms in total. The van der Waals surface area contributed by atoms with Gasteiger partial charge in [0.05, 0.1) is 5.92 Å². The van der Waals surface area contributed by atoms with Gasteiger partial charge in [0.1, 0.15) is 0 Å². The van der Waals surface area contributed by atoms with Crippen molar-refractivity contribution in [1.29, 1.82) is 0 Å². The molecule has 1 aliphatic rings. The van der Waals surface area contributed by atoms with Crippen molar-refractivity contribution in [2.45, 2.75) is 32.6 Å². The number of likely N-dealkylation sites (tertiary alicyclic amines) is 1. The van der Waals surface area contributed by atoms with E-state index in [1.54, 1.807) is 29.2 Å². The molecule has 0 saturated carbocycles. The van der Waals surface area contributed by atoms with Crippen molar-refractivity contribution >= 4 is 29.1 Å². The summed E-state index contributed by atoms with van der Waals surface area (Å²) in [5.74, 6) is 0.136. The lowest BCUT2D eigenvalue weighted by molar-refractivity contribution is -0.121. The number of carbonyl (C=O) groups excluding carboxylic acids is 2. The second-order valence-corrected chi connectivity index (χ2v) is 7.80. The lowest BCUT2D eigenvalue weighted by atomic mass is 9.96. The van der Waals surface area contributed by atoms with Gasteiger partial charge in [-0.25, -0.2) is 0 Å². The zero-order valence-electron chi connectivity index (χ0n) is 15.7. The van der Waals surface area contributed by atoms with Gasteiger partial charge < -0.3 is 10.2 Å². The fourth-order valence-corrected chi connectivity index (χ4v) is 3.50. The first-order valence-electron chi connectivity index (χ1n) is 9.39. The predicted molar refractivity (Wildman–Crippen MR) is 109 cm³/mol. The molecule has 1 atom stereocenters. The number of halogens is 1. The van der Waals surface area contributed by atoms with E-state index in [1.165, 1.54) is 5.56 Å². The fraction of sp³-hybridized carbons (Fsp3) is 0.364. The standard InChI is InChI=1S/C22H25ClN2O2/c1-15(2)17-5-3-7-20(13-17)24-21(26)18-6-4-12-25(14-18)22(27)16-8-10-19(23)11-9-16/h3,5,7-11,13,15,18H,4,6,12,14H2,1-2H3,(H,24,26). The third kappa shape index (κ3) is 4.89. The molecular weight excluding hydrogens is 360 g/mol. The highest BCUT2D eigenvalue weighted by Gasteiger charge is 2.29. The smallest absolute Gasteiger partial charge is 0.253 e. The van der Waals surface area contributed by atoms with Gasteiger partial charge in [0.25, 0.3) is 5.91 Å². The van der Waals surface area contributed by atoms with Crippen LogP contribution in [0.15, 0.2) is 48.5 Å². The molecule has 1 unspecified atom stereocenters. The number of hydrogen-bond acceptors (Lipinski definition) is 2. The number of piperidine rings is 1. The molecule has 2 amide bonds. The number of nitrogens with zero attached hydrogens (tertiary/aromatic N) is 1. The Kier molecular flexibility index (Phi) is 6.17. The van der Waals surface area contributed by atoms with Crippen LogP contribution in [0.4, 0.5) is 5.69 Å². The third-order valence-electron chi connectivity index (χ3n) is 4.99. The quantitative estimate of drug-likeness (QED) is 0.810. The minimum Gasteiger partial charge on any atom is -0.338 e. The van der Waals surface area contributed by atoms with Crippen LogP contribution in [0.1, 0.15) is 48.5 Å². The normalized spacial score (nSPS) is 17.0. The lowest BCUT2D eigenvalue weighted by Crippen LogP contribution is -2.43. The molecule has 1 heterocycles. The first kappa shape index (κ1) is 19.4. The summed E-state index contributed by atoms with van der Waals surface area (Å²) in [6, 6.07) is 14.8. The summed E-state index contributed by atoms with van der Waals surface area (Å²) in [7, 11) is 0. The zero-order chi connectivity index (χ0) is 19.4. The molecule has 5 heteroatoms. The maximum absolute atomic E-state index is 12.7. The van der Waals surface area contributed by atoms with Crippen molar-refractivity contribution in [2.24, 2.45) is 5.92 Å². The van der Waals surface area contributed by atoms with E-state index in [2.05, 4.69) is 25.2 Å². The summed E-state index contributed by atoms with van der Waals surface area (Å²) in [5, 5.41) is 3.62. The summed E-state index contributed by atoms with van der Waals surface area (Å²) in [4.78, 5) is 27.2. The molecule has 2 aromatic rings. The topological polar surface area (TPSA) is 49.4 Å². The SMILES string of the molecule is CC(C)c1cccc(NC(=O)C2CCCN(C(=O)c3ccc(Cl)cc3)C2)c1. The van der Waals surface area contributed by atoms with E-state index in [-0.39, 0.29) is 17.7 Å². The zero-order valence-corrected chi connectivity index (χ0v) is 16.5. The number of hydrogen-bond donors (Lipinski definition) is 1. The molecule has 27 heavy (non-hydrogen) atoms. The highest BCUT2D eigenvalue weighted by Crippen LogP contribution is 2.23. The molecule has 0 spiro atoms. The fourth-order valence-electron chi connectivity index (χ4n) is 3.37. The second kappa shape index (κ2) is 8.57. The molecule has 0 aliphatic carbocycles. The maximum atomic E-state index is 12.7. The third-order valence-corrected chi connectivity index (χ3v) is 5.24. The van der Waals surface area contributed by atoms with E-state index in [9.17, 15) is 9.59 Å². The predicted octanol–water partition coefficient (Wildman–Crippen LogP) is 4.95. The number of anilines is 1. The van der Waals surface area contributed by atoms with Crippen molar-refractivity contribution in [3.05, 3.63) is 64.7 Å². The largest absolute Gasteiger partial charge is 0.338 e. The molecule has 1 aliphatic heterocycles. The maximum Gasteiger partial charge on any atom is 0.253 e. The van der Waals surface area contributed by atoms with Gasteiger partial charge >= 0.3 is 0 Å². The Balaban J connectivity index is 1.65. The van der Waals surface area contributed by atoms with Crippen molar-refractivity contribution in [3.63, 3.8) is 0 Å². The summed E-state index contributed by atoms with van der Waals surface area (Å²) in [5.41, 5.74) is 2.61. The molecule has 3 rings (SSSR count). The number of nitrogens with one attached hydrogen (secondary N) is 1. The van der Waals surface area contributed by atoms with E-state index in [1.807, 2.05) is 18.2 Å². The molecule has 1 saturated heterocycles.